The molecule has 3 nitrogen and oxygen atoms in total. The van der Waals surface area contributed by atoms with Crippen LogP contribution in [0, 0.1) is 0 Å². The van der Waals surface area contributed by atoms with E-state index in [0.29, 0.717) is 6.61 Å². The molecule has 2 aromatic rings. The molecular weight excluding hydrogens is 328 g/mol. The zero-order valence-electron chi connectivity index (χ0n) is 12.5. The van der Waals surface area contributed by atoms with E-state index in [1.165, 1.54) is 5.56 Å². The molecule has 0 aliphatic rings. The van der Waals surface area contributed by atoms with Gasteiger partial charge in [-0.15, -0.1) is 0 Å². The van der Waals surface area contributed by atoms with E-state index in [4.69, 9.17) is 4.74 Å². The number of rotatable bonds is 7. The summed E-state index contributed by atoms with van der Waals surface area (Å²) in [5.74, 6) is 0.899. The largest absolute Gasteiger partial charge is 0.494 e. The van der Waals surface area contributed by atoms with Crippen molar-refractivity contribution in [3.05, 3.63) is 58.3 Å². The highest BCUT2D eigenvalue weighted by Crippen LogP contribution is 2.25. The van der Waals surface area contributed by atoms with E-state index in [-0.39, 0.29) is 6.04 Å². The molecule has 0 radical (unpaired) electrons. The first-order valence-corrected chi connectivity index (χ1v) is 8.11. The summed E-state index contributed by atoms with van der Waals surface area (Å²) in [6, 6.07) is 12.4. The molecule has 0 fully saturated rings. The maximum Gasteiger partial charge on any atom is 0.119 e. The van der Waals surface area contributed by atoms with Crippen molar-refractivity contribution in [3.8, 4) is 5.75 Å². The molecule has 0 spiro atoms. The van der Waals surface area contributed by atoms with Gasteiger partial charge in [0, 0.05) is 10.7 Å². The van der Waals surface area contributed by atoms with E-state index in [1.807, 2.05) is 37.4 Å². The Bertz CT molecular complexity index is 557. The van der Waals surface area contributed by atoms with Crippen LogP contribution in [0.3, 0.4) is 0 Å². The quantitative estimate of drug-likeness (QED) is 0.808. The number of hydrogen-bond acceptors (Lipinski definition) is 3. The number of benzene rings is 1. The summed E-state index contributed by atoms with van der Waals surface area (Å²) in [4.78, 5) is 4.53. The summed E-state index contributed by atoms with van der Waals surface area (Å²) in [7, 11) is 0. The number of nitrogens with zero attached hydrogens (tertiary/aromatic N) is 1. The van der Waals surface area contributed by atoms with Gasteiger partial charge in [-0.2, -0.15) is 0 Å². The Kier molecular flexibility index (Phi) is 6.21. The van der Waals surface area contributed by atoms with Crippen LogP contribution in [-0.4, -0.2) is 18.1 Å². The molecule has 0 amide bonds. The third kappa shape index (κ3) is 4.55. The Labute approximate surface area is 134 Å². The van der Waals surface area contributed by atoms with Crippen LogP contribution in [0.1, 0.15) is 37.6 Å². The zero-order chi connectivity index (χ0) is 15.1. The Morgan fingerprint density at radius 1 is 1.24 bits per heavy atom. The molecule has 0 saturated heterocycles. The van der Waals surface area contributed by atoms with E-state index in [1.54, 1.807) is 0 Å². The molecule has 1 aromatic heterocycles. The minimum atomic E-state index is 0.0819. The van der Waals surface area contributed by atoms with Gasteiger partial charge in [-0.25, -0.2) is 0 Å². The third-order valence-electron chi connectivity index (χ3n) is 3.15. The van der Waals surface area contributed by atoms with Crippen molar-refractivity contribution in [1.82, 2.24) is 10.3 Å². The lowest BCUT2D eigenvalue weighted by Crippen LogP contribution is -2.24. The van der Waals surface area contributed by atoms with E-state index < -0.39 is 0 Å². The number of pyridine rings is 1. The number of nitrogens with one attached hydrogen (secondary N) is 1. The summed E-state index contributed by atoms with van der Waals surface area (Å²) in [5.41, 5.74) is 2.18. The average molecular weight is 349 g/mol. The number of aromatic nitrogens is 1. The fraction of sp³-hybridized carbons (Fsp3) is 0.353. The summed E-state index contributed by atoms with van der Waals surface area (Å²) in [6.45, 7) is 5.78. The lowest BCUT2D eigenvalue weighted by molar-refractivity contribution is 0.339. The molecule has 1 aromatic carbocycles. The van der Waals surface area contributed by atoms with Gasteiger partial charge in [-0.1, -0.05) is 19.1 Å². The summed E-state index contributed by atoms with van der Waals surface area (Å²) >= 11 is 3.43. The zero-order valence-corrected chi connectivity index (χ0v) is 14.1. The van der Waals surface area contributed by atoms with Gasteiger partial charge in [0.25, 0.3) is 0 Å². The predicted molar refractivity (Wildman–Crippen MR) is 89.7 cm³/mol. The monoisotopic (exact) mass is 348 g/mol. The van der Waals surface area contributed by atoms with E-state index in [2.05, 4.69) is 45.3 Å². The molecule has 1 unspecified atom stereocenters. The van der Waals surface area contributed by atoms with Crippen LogP contribution < -0.4 is 10.1 Å². The second-order valence-corrected chi connectivity index (χ2v) is 5.71. The molecule has 0 saturated carbocycles. The topological polar surface area (TPSA) is 34.1 Å². The van der Waals surface area contributed by atoms with Gasteiger partial charge in [0.05, 0.1) is 18.3 Å². The minimum Gasteiger partial charge on any atom is -0.494 e. The van der Waals surface area contributed by atoms with Crippen LogP contribution in [0.5, 0.6) is 5.75 Å². The number of ether oxygens (including phenoxy) is 1. The molecule has 0 aliphatic heterocycles. The molecule has 21 heavy (non-hydrogen) atoms. The second-order valence-electron chi connectivity index (χ2n) is 4.79. The summed E-state index contributed by atoms with van der Waals surface area (Å²) in [6.07, 6.45) is 2.92. The maximum absolute atomic E-state index is 5.60. The highest BCUT2D eigenvalue weighted by Gasteiger charge is 2.15. The average Bonchev–Trinajstić information content (AvgIpc) is 2.50. The fourth-order valence-corrected chi connectivity index (χ4v) is 2.42. The number of halogens is 1. The van der Waals surface area contributed by atoms with E-state index in [0.717, 1.165) is 28.9 Å². The summed E-state index contributed by atoms with van der Waals surface area (Å²) < 4.78 is 6.59. The first-order chi connectivity index (χ1) is 10.2. The fourth-order valence-electron chi connectivity index (χ4n) is 2.19. The number of hydrogen-bond donors (Lipinski definition) is 1. The van der Waals surface area contributed by atoms with Gasteiger partial charge in [0.2, 0.25) is 0 Å². The maximum atomic E-state index is 5.60. The molecule has 1 N–H and O–H groups in total. The van der Waals surface area contributed by atoms with Crippen molar-refractivity contribution in [2.24, 2.45) is 0 Å². The SMILES string of the molecule is CCCNC(c1cccc(OCC)c1)c1ccc(Br)cn1. The Hall–Kier alpha value is -1.39. The molecule has 0 aliphatic carbocycles. The minimum absolute atomic E-state index is 0.0819. The lowest BCUT2D eigenvalue weighted by Gasteiger charge is -2.19. The molecule has 1 atom stereocenters. The first-order valence-electron chi connectivity index (χ1n) is 7.32. The highest BCUT2D eigenvalue weighted by atomic mass is 79.9. The van der Waals surface area contributed by atoms with E-state index >= 15 is 0 Å². The van der Waals surface area contributed by atoms with Crippen LogP contribution in [0.25, 0.3) is 0 Å². The Morgan fingerprint density at radius 2 is 2.10 bits per heavy atom. The molecule has 1 heterocycles. The van der Waals surface area contributed by atoms with Crippen molar-refractivity contribution in [3.63, 3.8) is 0 Å². The Morgan fingerprint density at radius 3 is 2.76 bits per heavy atom. The standard InChI is InChI=1S/C17H21BrN2O/c1-3-10-19-17(16-9-8-14(18)12-20-16)13-6-5-7-15(11-13)21-4-2/h5-9,11-12,17,19H,3-4,10H2,1-2H3. The van der Waals surface area contributed by atoms with Gasteiger partial charge in [-0.3, -0.25) is 4.98 Å². The smallest absolute Gasteiger partial charge is 0.119 e. The Balaban J connectivity index is 2.30. The lowest BCUT2D eigenvalue weighted by atomic mass is 10.0. The molecule has 2 rings (SSSR count). The molecular formula is C17H21BrN2O. The first kappa shape index (κ1) is 16.0. The van der Waals surface area contributed by atoms with Gasteiger partial charge < -0.3 is 10.1 Å². The van der Waals surface area contributed by atoms with Crippen molar-refractivity contribution < 1.29 is 4.74 Å². The van der Waals surface area contributed by atoms with Crippen LogP contribution in [-0.2, 0) is 0 Å². The van der Waals surface area contributed by atoms with E-state index in [9.17, 15) is 0 Å². The van der Waals surface area contributed by atoms with Gasteiger partial charge >= 0.3 is 0 Å². The van der Waals surface area contributed by atoms with Crippen LogP contribution in [0.2, 0.25) is 0 Å². The van der Waals surface area contributed by atoms with Gasteiger partial charge in [-0.05, 0) is 65.6 Å². The molecule has 4 heteroatoms. The van der Waals surface area contributed by atoms with Gasteiger partial charge in [0.15, 0.2) is 0 Å². The second kappa shape index (κ2) is 8.15. The third-order valence-corrected chi connectivity index (χ3v) is 3.62. The molecule has 0 bridgehead atoms. The highest BCUT2D eigenvalue weighted by molar-refractivity contribution is 9.10. The van der Waals surface area contributed by atoms with Crippen LogP contribution >= 0.6 is 15.9 Å². The van der Waals surface area contributed by atoms with Crippen LogP contribution in [0.4, 0.5) is 0 Å². The van der Waals surface area contributed by atoms with Crippen LogP contribution in [0.15, 0.2) is 47.1 Å². The van der Waals surface area contributed by atoms with Crippen molar-refractivity contribution >= 4 is 15.9 Å². The summed E-state index contributed by atoms with van der Waals surface area (Å²) in [5, 5.41) is 3.56. The van der Waals surface area contributed by atoms with Crippen molar-refractivity contribution in [1.29, 1.82) is 0 Å². The van der Waals surface area contributed by atoms with Gasteiger partial charge in [0.1, 0.15) is 5.75 Å². The van der Waals surface area contributed by atoms with Crippen molar-refractivity contribution in [2.75, 3.05) is 13.2 Å². The predicted octanol–water partition coefficient (Wildman–Crippen LogP) is 4.33. The normalized spacial score (nSPS) is 12.1. The van der Waals surface area contributed by atoms with Crippen molar-refractivity contribution in [2.45, 2.75) is 26.3 Å². The molecule has 112 valence electrons.